The number of nitrogens with zero attached hydrogens (tertiary/aromatic N) is 2. The Kier molecular flexibility index (Phi) is 7.02. The zero-order chi connectivity index (χ0) is 14.3. The van der Waals surface area contributed by atoms with Crippen LogP contribution >= 0.6 is 0 Å². The summed E-state index contributed by atoms with van der Waals surface area (Å²) in [6, 6.07) is 0.371. The van der Waals surface area contributed by atoms with Gasteiger partial charge in [0.1, 0.15) is 6.10 Å². The molecular formula is C14H27N3O2. The lowest BCUT2D eigenvalue weighted by atomic mass is 10.0. The number of hydrogen-bond donors (Lipinski definition) is 1. The molecule has 0 aliphatic carbocycles. The number of nitrogens with one attached hydrogen (secondary N) is 1. The van der Waals surface area contributed by atoms with Gasteiger partial charge in [-0.2, -0.15) is 4.98 Å². The third kappa shape index (κ3) is 5.28. The molecule has 110 valence electrons. The van der Waals surface area contributed by atoms with Crippen molar-refractivity contribution in [1.29, 1.82) is 0 Å². The van der Waals surface area contributed by atoms with E-state index >= 15 is 0 Å². The average Bonchev–Trinajstić information content (AvgIpc) is 2.83. The van der Waals surface area contributed by atoms with Crippen molar-refractivity contribution in [3.05, 3.63) is 11.7 Å². The minimum absolute atomic E-state index is 0.108. The molecule has 1 heterocycles. The van der Waals surface area contributed by atoms with Gasteiger partial charge >= 0.3 is 0 Å². The van der Waals surface area contributed by atoms with Crippen LogP contribution in [0.2, 0.25) is 0 Å². The largest absolute Gasteiger partial charge is 0.371 e. The molecule has 5 nitrogen and oxygen atoms in total. The summed E-state index contributed by atoms with van der Waals surface area (Å²) < 4.78 is 10.8. The quantitative estimate of drug-likeness (QED) is 0.747. The Hall–Kier alpha value is -0.940. The van der Waals surface area contributed by atoms with E-state index in [1.165, 1.54) is 0 Å². The molecule has 0 aromatic carbocycles. The molecule has 1 rings (SSSR count). The zero-order valence-corrected chi connectivity index (χ0v) is 12.8. The molecule has 2 unspecified atom stereocenters. The monoisotopic (exact) mass is 269 g/mol. The highest BCUT2D eigenvalue weighted by Gasteiger charge is 2.19. The van der Waals surface area contributed by atoms with Gasteiger partial charge in [0.15, 0.2) is 5.82 Å². The van der Waals surface area contributed by atoms with Crippen molar-refractivity contribution in [2.75, 3.05) is 13.2 Å². The molecular weight excluding hydrogens is 242 g/mol. The van der Waals surface area contributed by atoms with Gasteiger partial charge in [0.25, 0.3) is 0 Å². The van der Waals surface area contributed by atoms with Crippen LogP contribution in [0.1, 0.15) is 58.9 Å². The van der Waals surface area contributed by atoms with E-state index in [0.29, 0.717) is 30.3 Å². The molecule has 0 bridgehead atoms. The van der Waals surface area contributed by atoms with Crippen molar-refractivity contribution in [2.24, 2.45) is 5.92 Å². The molecule has 0 saturated heterocycles. The molecule has 1 aromatic rings. The Bertz CT molecular complexity index is 352. The molecule has 1 aromatic heterocycles. The van der Waals surface area contributed by atoms with Gasteiger partial charge in [0.05, 0.1) is 0 Å². The van der Waals surface area contributed by atoms with Crippen molar-refractivity contribution < 1.29 is 9.26 Å². The Morgan fingerprint density at radius 3 is 2.58 bits per heavy atom. The molecule has 5 heteroatoms. The van der Waals surface area contributed by atoms with Gasteiger partial charge in [-0.3, -0.25) is 0 Å². The predicted molar refractivity (Wildman–Crippen MR) is 75.0 cm³/mol. The van der Waals surface area contributed by atoms with E-state index in [-0.39, 0.29) is 6.10 Å². The van der Waals surface area contributed by atoms with Crippen LogP contribution in [0.4, 0.5) is 0 Å². The molecule has 0 amide bonds. The summed E-state index contributed by atoms with van der Waals surface area (Å²) in [5.41, 5.74) is 0. The van der Waals surface area contributed by atoms with Crippen LogP contribution in [-0.4, -0.2) is 29.3 Å². The number of rotatable bonds is 9. The Morgan fingerprint density at radius 1 is 1.26 bits per heavy atom. The topological polar surface area (TPSA) is 60.2 Å². The molecule has 0 fully saturated rings. The summed E-state index contributed by atoms with van der Waals surface area (Å²) in [7, 11) is 0. The van der Waals surface area contributed by atoms with Gasteiger partial charge in [-0.1, -0.05) is 25.9 Å². The second-order valence-electron chi connectivity index (χ2n) is 5.15. The molecule has 0 aliphatic heterocycles. The third-order valence-corrected chi connectivity index (χ3v) is 3.12. The number of aromatic nitrogens is 2. The summed E-state index contributed by atoms with van der Waals surface area (Å²) >= 11 is 0. The van der Waals surface area contributed by atoms with E-state index in [2.05, 4.69) is 36.2 Å². The lowest BCUT2D eigenvalue weighted by molar-refractivity contribution is 0.0683. The molecule has 19 heavy (non-hydrogen) atoms. The van der Waals surface area contributed by atoms with E-state index in [0.717, 1.165) is 19.4 Å². The van der Waals surface area contributed by atoms with Crippen LogP contribution in [0.5, 0.6) is 0 Å². The number of hydrogen-bond acceptors (Lipinski definition) is 5. The first kappa shape index (κ1) is 16.1. The lowest BCUT2D eigenvalue weighted by Crippen LogP contribution is -2.36. The third-order valence-electron chi connectivity index (χ3n) is 3.12. The van der Waals surface area contributed by atoms with Crippen LogP contribution in [-0.2, 0) is 11.2 Å². The minimum Gasteiger partial charge on any atom is -0.371 e. The van der Waals surface area contributed by atoms with Gasteiger partial charge < -0.3 is 14.6 Å². The Labute approximate surface area is 116 Å². The van der Waals surface area contributed by atoms with Crippen LogP contribution in [0.25, 0.3) is 0 Å². The first-order chi connectivity index (χ1) is 9.08. The van der Waals surface area contributed by atoms with Crippen molar-refractivity contribution in [1.82, 2.24) is 15.5 Å². The van der Waals surface area contributed by atoms with E-state index < -0.39 is 0 Å². The molecule has 2 atom stereocenters. The van der Waals surface area contributed by atoms with Crippen molar-refractivity contribution in [2.45, 2.75) is 59.6 Å². The predicted octanol–water partition coefficient (Wildman–Crippen LogP) is 2.73. The Balaban J connectivity index is 2.59. The summed E-state index contributed by atoms with van der Waals surface area (Å²) in [5.74, 6) is 1.85. The SMILES string of the molecule is CCCNC(Cc1nc(C(C)OCC)no1)C(C)C. The smallest absolute Gasteiger partial charge is 0.228 e. The van der Waals surface area contributed by atoms with E-state index in [1.807, 2.05) is 13.8 Å². The second kappa shape index (κ2) is 8.27. The summed E-state index contributed by atoms with van der Waals surface area (Å²) in [5, 5.41) is 7.51. The molecule has 0 saturated carbocycles. The highest BCUT2D eigenvalue weighted by Crippen LogP contribution is 2.15. The van der Waals surface area contributed by atoms with Gasteiger partial charge in [-0.15, -0.1) is 0 Å². The standard InChI is InChI=1S/C14H27N3O2/c1-6-8-15-12(10(3)4)9-13-16-14(17-19-13)11(5)18-7-2/h10-12,15H,6-9H2,1-5H3. The fourth-order valence-corrected chi connectivity index (χ4v) is 1.90. The van der Waals surface area contributed by atoms with Crippen molar-refractivity contribution in [3.63, 3.8) is 0 Å². The van der Waals surface area contributed by atoms with E-state index in [4.69, 9.17) is 9.26 Å². The fraction of sp³-hybridized carbons (Fsp3) is 0.857. The second-order valence-corrected chi connectivity index (χ2v) is 5.15. The van der Waals surface area contributed by atoms with E-state index in [1.54, 1.807) is 0 Å². The first-order valence-corrected chi connectivity index (χ1v) is 7.25. The fourth-order valence-electron chi connectivity index (χ4n) is 1.90. The summed E-state index contributed by atoms with van der Waals surface area (Å²) in [6.45, 7) is 12.1. The maximum atomic E-state index is 5.46. The van der Waals surface area contributed by atoms with Crippen LogP contribution in [0.15, 0.2) is 4.52 Å². The maximum Gasteiger partial charge on any atom is 0.228 e. The molecule has 0 spiro atoms. The number of ether oxygens (including phenoxy) is 1. The molecule has 0 aliphatic rings. The summed E-state index contributed by atoms with van der Waals surface area (Å²) in [4.78, 5) is 4.42. The highest BCUT2D eigenvalue weighted by molar-refractivity contribution is 4.93. The average molecular weight is 269 g/mol. The normalized spacial score (nSPS) is 14.8. The van der Waals surface area contributed by atoms with E-state index in [9.17, 15) is 0 Å². The maximum absolute atomic E-state index is 5.46. The van der Waals surface area contributed by atoms with Crippen molar-refractivity contribution >= 4 is 0 Å². The molecule has 1 N–H and O–H groups in total. The van der Waals surface area contributed by atoms with Gasteiger partial charge in [0.2, 0.25) is 5.89 Å². The van der Waals surface area contributed by atoms with Gasteiger partial charge in [-0.25, -0.2) is 0 Å². The van der Waals surface area contributed by atoms with Crippen LogP contribution in [0, 0.1) is 5.92 Å². The Morgan fingerprint density at radius 2 is 2.00 bits per heavy atom. The van der Waals surface area contributed by atoms with Gasteiger partial charge in [0, 0.05) is 19.1 Å². The first-order valence-electron chi connectivity index (χ1n) is 7.25. The zero-order valence-electron chi connectivity index (χ0n) is 12.8. The van der Waals surface area contributed by atoms with Gasteiger partial charge in [-0.05, 0) is 32.7 Å². The van der Waals surface area contributed by atoms with Crippen LogP contribution < -0.4 is 5.32 Å². The summed E-state index contributed by atoms with van der Waals surface area (Å²) in [6.07, 6.45) is 1.78. The van der Waals surface area contributed by atoms with Crippen LogP contribution in [0.3, 0.4) is 0 Å². The highest BCUT2D eigenvalue weighted by atomic mass is 16.5. The minimum atomic E-state index is -0.108. The lowest BCUT2D eigenvalue weighted by Gasteiger charge is -2.20. The molecule has 0 radical (unpaired) electrons. The van der Waals surface area contributed by atoms with Crippen molar-refractivity contribution in [3.8, 4) is 0 Å².